The first-order chi connectivity index (χ1) is 18.0. The summed E-state index contributed by atoms with van der Waals surface area (Å²) in [7, 11) is 1.91. The van der Waals surface area contributed by atoms with Gasteiger partial charge in [-0.3, -0.25) is 19.8 Å². The molecule has 0 radical (unpaired) electrons. The van der Waals surface area contributed by atoms with E-state index in [0.29, 0.717) is 12.5 Å². The third-order valence-electron chi connectivity index (χ3n) is 7.06. The molecule has 204 valence electrons. The lowest BCUT2D eigenvalue weighted by Crippen LogP contribution is -2.33. The van der Waals surface area contributed by atoms with Crippen molar-refractivity contribution < 1.29 is 18.1 Å². The van der Waals surface area contributed by atoms with Gasteiger partial charge in [0.15, 0.2) is 0 Å². The van der Waals surface area contributed by atoms with Gasteiger partial charge >= 0.3 is 11.9 Å². The Labute approximate surface area is 217 Å². The van der Waals surface area contributed by atoms with Crippen LogP contribution in [0.3, 0.4) is 0 Å². The van der Waals surface area contributed by atoms with Crippen LogP contribution in [-0.2, 0) is 32.7 Å². The molecule has 1 aliphatic carbocycles. The summed E-state index contributed by atoms with van der Waals surface area (Å²) in [6.45, 7) is 2.48. The highest BCUT2D eigenvalue weighted by Gasteiger charge is 2.33. The zero-order valence-electron chi connectivity index (χ0n) is 21.1. The molecule has 14 heteroatoms. The highest BCUT2D eigenvalue weighted by atomic mass is 19.4. The normalized spacial score (nSPS) is 17.9. The van der Waals surface area contributed by atoms with E-state index in [1.165, 1.54) is 0 Å². The fraction of sp³-hybridized carbons (Fsp3) is 0.500. The van der Waals surface area contributed by atoms with Crippen molar-refractivity contribution in [1.29, 1.82) is 0 Å². The Balaban J connectivity index is 1.41. The number of alkyl halides is 3. The van der Waals surface area contributed by atoms with Crippen LogP contribution in [0.15, 0.2) is 24.7 Å². The van der Waals surface area contributed by atoms with E-state index in [2.05, 4.69) is 30.7 Å². The van der Waals surface area contributed by atoms with Crippen molar-refractivity contribution in [1.82, 2.24) is 30.0 Å². The van der Waals surface area contributed by atoms with Crippen LogP contribution in [0.5, 0.6) is 0 Å². The number of aromatic nitrogens is 5. The minimum absolute atomic E-state index is 0.0673. The number of pyridine rings is 1. The zero-order chi connectivity index (χ0) is 27.4. The van der Waals surface area contributed by atoms with Gasteiger partial charge in [0.25, 0.3) is 0 Å². The number of nitrogens with two attached hydrogens (primary N) is 1. The number of hydrogen-bond donors (Lipinski definition) is 3. The van der Waals surface area contributed by atoms with Crippen molar-refractivity contribution in [3.8, 4) is 0 Å². The first-order valence-corrected chi connectivity index (χ1v) is 12.3. The SMILES string of the molecule is Cc1c(CNC2CCC(Cc3nc(NCc4cnccc4C(F)(F)F)nc(N)c3[N+](=O)[O-])CC2)cnn1C. The number of hydrogen-bond acceptors (Lipinski definition) is 9. The van der Waals surface area contributed by atoms with Gasteiger partial charge in [-0.2, -0.15) is 23.3 Å². The molecule has 0 unspecified atom stereocenters. The number of nitrogens with one attached hydrogen (secondary N) is 2. The number of nitrogen functional groups attached to an aromatic ring is 1. The smallest absolute Gasteiger partial charge is 0.378 e. The van der Waals surface area contributed by atoms with Gasteiger partial charge in [0.1, 0.15) is 5.69 Å². The van der Waals surface area contributed by atoms with Crippen molar-refractivity contribution in [2.45, 2.75) is 64.3 Å². The molecule has 1 fully saturated rings. The topological polar surface area (TPSA) is 150 Å². The van der Waals surface area contributed by atoms with Gasteiger partial charge < -0.3 is 16.4 Å². The molecule has 38 heavy (non-hydrogen) atoms. The van der Waals surface area contributed by atoms with E-state index in [4.69, 9.17) is 5.73 Å². The van der Waals surface area contributed by atoms with Crippen LogP contribution in [0.2, 0.25) is 0 Å². The largest absolute Gasteiger partial charge is 0.416 e. The molecule has 3 aromatic rings. The Morgan fingerprint density at radius 2 is 1.89 bits per heavy atom. The average Bonchev–Trinajstić information content (AvgIpc) is 3.18. The number of nitro groups is 1. The predicted octanol–water partition coefficient (Wildman–Crippen LogP) is 3.93. The molecule has 0 atom stereocenters. The highest BCUT2D eigenvalue weighted by Crippen LogP contribution is 2.34. The Bertz CT molecular complexity index is 1290. The van der Waals surface area contributed by atoms with E-state index in [-0.39, 0.29) is 41.2 Å². The Morgan fingerprint density at radius 3 is 2.53 bits per heavy atom. The van der Waals surface area contributed by atoms with Crippen molar-refractivity contribution in [2.75, 3.05) is 11.1 Å². The van der Waals surface area contributed by atoms with Gasteiger partial charge in [-0.25, -0.2) is 4.98 Å². The minimum atomic E-state index is -4.55. The maximum Gasteiger partial charge on any atom is 0.416 e. The van der Waals surface area contributed by atoms with Crippen molar-refractivity contribution >= 4 is 17.5 Å². The second-order valence-electron chi connectivity index (χ2n) is 9.55. The second kappa shape index (κ2) is 11.3. The molecule has 0 bridgehead atoms. The molecule has 0 amide bonds. The second-order valence-corrected chi connectivity index (χ2v) is 9.55. The molecule has 1 aliphatic rings. The number of rotatable bonds is 9. The quantitative estimate of drug-likeness (QED) is 0.275. The van der Waals surface area contributed by atoms with Crippen LogP contribution in [0.1, 0.15) is 53.8 Å². The van der Waals surface area contributed by atoms with E-state index in [1.807, 2.05) is 24.9 Å². The maximum atomic E-state index is 13.3. The molecule has 4 rings (SSSR count). The summed E-state index contributed by atoms with van der Waals surface area (Å²) in [4.78, 5) is 23.1. The highest BCUT2D eigenvalue weighted by molar-refractivity contribution is 5.58. The molecule has 0 saturated heterocycles. The monoisotopic (exact) mass is 533 g/mol. The van der Waals surface area contributed by atoms with Crippen molar-refractivity contribution in [3.63, 3.8) is 0 Å². The van der Waals surface area contributed by atoms with E-state index < -0.39 is 16.7 Å². The third-order valence-corrected chi connectivity index (χ3v) is 7.06. The molecule has 0 aromatic carbocycles. The minimum Gasteiger partial charge on any atom is -0.378 e. The Morgan fingerprint density at radius 1 is 1.16 bits per heavy atom. The molecular formula is C24H30F3N9O2. The van der Waals surface area contributed by atoms with Crippen molar-refractivity contribution in [3.05, 3.63) is 62.8 Å². The molecule has 0 aliphatic heterocycles. The van der Waals surface area contributed by atoms with Crippen LogP contribution in [-0.4, -0.2) is 35.7 Å². The van der Waals surface area contributed by atoms with Gasteiger partial charge in [0.05, 0.1) is 16.7 Å². The molecule has 4 N–H and O–H groups in total. The van der Waals surface area contributed by atoms with Gasteiger partial charge in [-0.1, -0.05) is 0 Å². The molecule has 1 saturated carbocycles. The summed E-state index contributed by atoms with van der Waals surface area (Å²) < 4.78 is 41.7. The summed E-state index contributed by atoms with van der Waals surface area (Å²) in [5.74, 6) is -0.238. The van der Waals surface area contributed by atoms with Crippen LogP contribution in [0.4, 0.5) is 30.6 Å². The molecular weight excluding hydrogens is 503 g/mol. The standard InChI is InChI=1S/C24H30F3N9O2/c1-14-16(13-32-35(14)2)11-30-18-5-3-15(4-6-18)9-20-21(36(37)38)22(28)34-23(33-20)31-12-17-10-29-8-7-19(17)24(25,26)27/h7-8,10,13,15,18,30H,3-6,9,11-12H2,1-2H3,(H3,28,31,33,34). The fourth-order valence-electron chi connectivity index (χ4n) is 4.78. The molecule has 0 spiro atoms. The summed E-state index contributed by atoms with van der Waals surface area (Å²) in [6, 6.07) is 1.22. The van der Waals surface area contributed by atoms with Gasteiger partial charge in [-0.15, -0.1) is 0 Å². The zero-order valence-corrected chi connectivity index (χ0v) is 21.1. The van der Waals surface area contributed by atoms with Crippen LogP contribution >= 0.6 is 0 Å². The van der Waals surface area contributed by atoms with Crippen LogP contribution in [0.25, 0.3) is 0 Å². The summed E-state index contributed by atoms with van der Waals surface area (Å²) in [5.41, 5.74) is 7.03. The summed E-state index contributed by atoms with van der Waals surface area (Å²) in [6.07, 6.45) is 3.31. The van der Waals surface area contributed by atoms with Gasteiger partial charge in [0, 0.05) is 55.4 Å². The molecule has 3 heterocycles. The first-order valence-electron chi connectivity index (χ1n) is 12.3. The predicted molar refractivity (Wildman–Crippen MR) is 134 cm³/mol. The van der Waals surface area contributed by atoms with Crippen molar-refractivity contribution in [2.24, 2.45) is 13.0 Å². The number of halogens is 3. The van der Waals surface area contributed by atoms with E-state index in [9.17, 15) is 23.3 Å². The van der Waals surface area contributed by atoms with E-state index in [1.54, 1.807) is 0 Å². The number of aryl methyl sites for hydroxylation is 1. The molecule has 11 nitrogen and oxygen atoms in total. The van der Waals surface area contributed by atoms with Gasteiger partial charge in [-0.05, 0) is 51.0 Å². The maximum absolute atomic E-state index is 13.3. The number of nitrogens with zero attached hydrogens (tertiary/aromatic N) is 6. The lowest BCUT2D eigenvalue weighted by molar-refractivity contribution is -0.385. The van der Waals surface area contributed by atoms with Crippen LogP contribution in [0, 0.1) is 23.0 Å². The lowest BCUT2D eigenvalue weighted by Gasteiger charge is -2.29. The summed E-state index contributed by atoms with van der Waals surface area (Å²) >= 11 is 0. The average molecular weight is 534 g/mol. The summed E-state index contributed by atoms with van der Waals surface area (Å²) in [5, 5.41) is 22.3. The number of anilines is 2. The Hall–Kier alpha value is -3.81. The Kier molecular flexibility index (Phi) is 8.09. The van der Waals surface area contributed by atoms with Crippen LogP contribution < -0.4 is 16.4 Å². The lowest BCUT2D eigenvalue weighted by atomic mass is 9.83. The van der Waals surface area contributed by atoms with Gasteiger partial charge in [0.2, 0.25) is 11.8 Å². The van der Waals surface area contributed by atoms with E-state index in [0.717, 1.165) is 61.9 Å². The third kappa shape index (κ3) is 6.36. The fourth-order valence-corrected chi connectivity index (χ4v) is 4.78. The first kappa shape index (κ1) is 27.2. The molecule has 3 aromatic heterocycles. The van der Waals surface area contributed by atoms with E-state index >= 15 is 0 Å².